The summed E-state index contributed by atoms with van der Waals surface area (Å²) in [7, 11) is 0. The van der Waals surface area contributed by atoms with Crippen molar-refractivity contribution < 1.29 is 0 Å². The minimum atomic E-state index is 0.0899. The number of hydrogen-bond acceptors (Lipinski definition) is 6. The number of aromatic nitrogens is 5. The highest BCUT2D eigenvalue weighted by Crippen LogP contribution is 2.06. The minimum Gasteiger partial charge on any atom is -0.368 e. The molecule has 2 heterocycles. The number of nitrogens with zero attached hydrogens (tertiary/aromatic N) is 5. The molecule has 0 aliphatic heterocycles. The summed E-state index contributed by atoms with van der Waals surface area (Å²) in [5, 5.41) is 7.21. The maximum absolute atomic E-state index is 5.65. The molecule has 90 valence electrons. The molecule has 8 heteroatoms. The molecule has 0 spiro atoms. The lowest BCUT2D eigenvalue weighted by atomic mass is 10.4. The highest BCUT2D eigenvalue weighted by atomic mass is 35.5. The lowest BCUT2D eigenvalue weighted by Gasteiger charge is -2.05. The van der Waals surface area contributed by atoms with Gasteiger partial charge in [0, 0.05) is 25.5 Å². The molecule has 0 saturated heterocycles. The second-order valence-corrected chi connectivity index (χ2v) is 3.67. The van der Waals surface area contributed by atoms with Gasteiger partial charge >= 0.3 is 0 Å². The Morgan fingerprint density at radius 3 is 2.94 bits per heavy atom. The van der Waals surface area contributed by atoms with Gasteiger partial charge in [0.15, 0.2) is 0 Å². The highest BCUT2D eigenvalue weighted by molar-refractivity contribution is 6.28. The Hall–Kier alpha value is -1.89. The second-order valence-electron chi connectivity index (χ2n) is 3.34. The third-order valence-corrected chi connectivity index (χ3v) is 2.20. The van der Waals surface area contributed by atoms with E-state index in [-0.39, 0.29) is 11.2 Å². The molecule has 17 heavy (non-hydrogen) atoms. The first kappa shape index (κ1) is 11.6. The van der Waals surface area contributed by atoms with Crippen molar-refractivity contribution in [1.82, 2.24) is 24.7 Å². The minimum absolute atomic E-state index is 0.0899. The summed E-state index contributed by atoms with van der Waals surface area (Å²) < 4.78 is 1.86. The predicted molar refractivity (Wildman–Crippen MR) is 64.6 cm³/mol. The summed E-state index contributed by atoms with van der Waals surface area (Å²) in [6.45, 7) is 1.54. The van der Waals surface area contributed by atoms with Crippen LogP contribution in [-0.4, -0.2) is 31.3 Å². The van der Waals surface area contributed by atoms with Crippen LogP contribution in [0.4, 0.5) is 11.9 Å². The van der Waals surface area contributed by atoms with Crippen molar-refractivity contribution in [1.29, 1.82) is 0 Å². The maximum Gasteiger partial charge on any atom is 0.228 e. The summed E-state index contributed by atoms with van der Waals surface area (Å²) >= 11 is 5.65. The molecule has 0 saturated carbocycles. The SMILES string of the molecule is Nc1nc(Cl)nc(NCCCn2cccn2)n1. The zero-order valence-corrected chi connectivity index (χ0v) is 9.80. The van der Waals surface area contributed by atoms with Crippen molar-refractivity contribution in [2.24, 2.45) is 0 Å². The molecule has 0 aromatic carbocycles. The molecular formula is C9H12ClN7. The molecule has 7 nitrogen and oxygen atoms in total. The van der Waals surface area contributed by atoms with Crippen LogP contribution in [0.15, 0.2) is 18.5 Å². The first-order chi connectivity index (χ1) is 8.24. The van der Waals surface area contributed by atoms with Crippen LogP contribution in [0, 0.1) is 0 Å². The van der Waals surface area contributed by atoms with E-state index in [1.165, 1.54) is 0 Å². The van der Waals surface area contributed by atoms with E-state index in [1.54, 1.807) is 6.20 Å². The number of nitrogens with one attached hydrogen (secondary N) is 1. The summed E-state index contributed by atoms with van der Waals surface area (Å²) in [6.07, 6.45) is 4.56. The molecule has 2 rings (SSSR count). The quantitative estimate of drug-likeness (QED) is 0.766. The number of anilines is 2. The largest absolute Gasteiger partial charge is 0.368 e. The Labute approximate surface area is 103 Å². The van der Waals surface area contributed by atoms with Gasteiger partial charge < -0.3 is 11.1 Å². The Balaban J connectivity index is 1.78. The summed E-state index contributed by atoms with van der Waals surface area (Å²) in [5.74, 6) is 0.502. The topological polar surface area (TPSA) is 94.5 Å². The molecule has 0 aliphatic carbocycles. The molecule has 2 aromatic heterocycles. The van der Waals surface area contributed by atoms with E-state index in [4.69, 9.17) is 17.3 Å². The number of nitrogens with two attached hydrogens (primary N) is 1. The first-order valence-corrected chi connectivity index (χ1v) is 5.50. The smallest absolute Gasteiger partial charge is 0.228 e. The van der Waals surface area contributed by atoms with E-state index < -0.39 is 0 Å². The van der Waals surface area contributed by atoms with Gasteiger partial charge in [-0.2, -0.15) is 20.1 Å². The van der Waals surface area contributed by atoms with E-state index >= 15 is 0 Å². The van der Waals surface area contributed by atoms with E-state index in [2.05, 4.69) is 25.4 Å². The third kappa shape index (κ3) is 3.56. The van der Waals surface area contributed by atoms with E-state index in [0.717, 1.165) is 13.0 Å². The van der Waals surface area contributed by atoms with Gasteiger partial charge in [0.25, 0.3) is 0 Å². The fourth-order valence-electron chi connectivity index (χ4n) is 1.32. The molecule has 0 fully saturated rings. The first-order valence-electron chi connectivity index (χ1n) is 5.12. The van der Waals surface area contributed by atoms with Gasteiger partial charge in [-0.3, -0.25) is 4.68 Å². The zero-order valence-electron chi connectivity index (χ0n) is 9.04. The number of aryl methyl sites for hydroxylation is 1. The van der Waals surface area contributed by atoms with Crippen LogP contribution >= 0.6 is 11.6 Å². The lowest BCUT2D eigenvalue weighted by molar-refractivity contribution is 0.591. The van der Waals surface area contributed by atoms with E-state index in [9.17, 15) is 0 Å². The average Bonchev–Trinajstić information content (AvgIpc) is 2.76. The van der Waals surface area contributed by atoms with Gasteiger partial charge in [0.05, 0.1) is 0 Å². The summed E-state index contributed by atoms with van der Waals surface area (Å²) in [4.78, 5) is 11.5. The molecular weight excluding hydrogens is 242 g/mol. The Bertz CT molecular complexity index is 450. The van der Waals surface area contributed by atoms with Gasteiger partial charge in [-0.25, -0.2) is 0 Å². The molecule has 0 radical (unpaired) electrons. The van der Waals surface area contributed by atoms with Crippen LogP contribution in [0.5, 0.6) is 0 Å². The highest BCUT2D eigenvalue weighted by Gasteiger charge is 2.01. The number of hydrogen-bond donors (Lipinski definition) is 2. The average molecular weight is 254 g/mol. The van der Waals surface area contributed by atoms with Crippen molar-refractivity contribution in [2.45, 2.75) is 13.0 Å². The van der Waals surface area contributed by atoms with Crippen molar-refractivity contribution in [3.05, 3.63) is 23.7 Å². The van der Waals surface area contributed by atoms with Crippen LogP contribution in [0.2, 0.25) is 5.28 Å². The van der Waals surface area contributed by atoms with Crippen LogP contribution in [-0.2, 0) is 6.54 Å². The number of halogens is 1. The fraction of sp³-hybridized carbons (Fsp3) is 0.333. The number of nitrogen functional groups attached to an aromatic ring is 1. The van der Waals surface area contributed by atoms with Crippen LogP contribution < -0.4 is 11.1 Å². The Morgan fingerprint density at radius 1 is 1.35 bits per heavy atom. The van der Waals surface area contributed by atoms with Crippen LogP contribution in [0.1, 0.15) is 6.42 Å². The van der Waals surface area contributed by atoms with Crippen molar-refractivity contribution in [3.63, 3.8) is 0 Å². The van der Waals surface area contributed by atoms with E-state index in [0.29, 0.717) is 12.5 Å². The Kier molecular flexibility index (Phi) is 3.71. The van der Waals surface area contributed by atoms with Crippen molar-refractivity contribution >= 4 is 23.5 Å². The zero-order chi connectivity index (χ0) is 12.1. The normalized spacial score (nSPS) is 10.4. The second kappa shape index (κ2) is 5.44. The Morgan fingerprint density at radius 2 is 2.24 bits per heavy atom. The number of rotatable bonds is 5. The van der Waals surface area contributed by atoms with Gasteiger partial charge in [0.1, 0.15) is 0 Å². The molecule has 0 atom stereocenters. The van der Waals surface area contributed by atoms with E-state index in [1.807, 2.05) is 16.9 Å². The van der Waals surface area contributed by atoms with Gasteiger partial charge in [-0.15, -0.1) is 0 Å². The fourth-order valence-corrected chi connectivity index (χ4v) is 1.49. The summed E-state index contributed by atoms with van der Waals surface area (Å²) in [6, 6.07) is 1.89. The monoisotopic (exact) mass is 253 g/mol. The van der Waals surface area contributed by atoms with Crippen LogP contribution in [0.3, 0.4) is 0 Å². The third-order valence-electron chi connectivity index (χ3n) is 2.03. The molecule has 2 aromatic rings. The molecule has 0 amide bonds. The molecule has 0 bridgehead atoms. The van der Waals surface area contributed by atoms with Gasteiger partial charge in [-0.1, -0.05) is 0 Å². The van der Waals surface area contributed by atoms with Crippen molar-refractivity contribution in [3.8, 4) is 0 Å². The van der Waals surface area contributed by atoms with Gasteiger partial charge in [-0.05, 0) is 24.1 Å². The predicted octanol–water partition coefficient (Wildman–Crippen LogP) is 0.806. The lowest BCUT2D eigenvalue weighted by Crippen LogP contribution is -2.10. The molecule has 0 unspecified atom stereocenters. The molecule has 0 aliphatic rings. The van der Waals surface area contributed by atoms with Crippen LogP contribution in [0.25, 0.3) is 0 Å². The maximum atomic E-state index is 5.65. The molecule has 3 N–H and O–H groups in total. The van der Waals surface area contributed by atoms with Gasteiger partial charge in [0.2, 0.25) is 17.2 Å². The summed E-state index contributed by atoms with van der Waals surface area (Å²) in [5.41, 5.74) is 5.44. The van der Waals surface area contributed by atoms with Crippen molar-refractivity contribution in [2.75, 3.05) is 17.6 Å². The standard InChI is InChI=1S/C9H12ClN7/c10-7-14-8(11)16-9(15-7)12-3-1-5-17-6-2-4-13-17/h2,4,6H,1,3,5H2,(H3,11,12,14,15,16).